The van der Waals surface area contributed by atoms with Crippen LogP contribution in [0.4, 0.5) is 0 Å². The molecule has 3 atom stereocenters. The fourth-order valence-corrected chi connectivity index (χ4v) is 3.87. The molecule has 2 rings (SSSR count). The fourth-order valence-electron chi connectivity index (χ4n) is 2.16. The monoisotopic (exact) mass is 208 g/mol. The molecule has 14 heavy (non-hydrogen) atoms. The van der Waals surface area contributed by atoms with Crippen molar-refractivity contribution in [1.29, 1.82) is 0 Å². The Bertz CT molecular complexity index is 320. The summed E-state index contributed by atoms with van der Waals surface area (Å²) in [5.41, 5.74) is 0. The average molecular weight is 208 g/mol. The van der Waals surface area contributed by atoms with Crippen molar-refractivity contribution in [1.82, 2.24) is 0 Å². The molecular formula is C12H16OS. The lowest BCUT2D eigenvalue weighted by molar-refractivity contribution is 0.598. The van der Waals surface area contributed by atoms with Gasteiger partial charge in [0.1, 0.15) is 0 Å². The van der Waals surface area contributed by atoms with E-state index in [0.29, 0.717) is 11.2 Å². The van der Waals surface area contributed by atoms with Gasteiger partial charge in [-0.2, -0.15) is 0 Å². The molecule has 1 aromatic carbocycles. The van der Waals surface area contributed by atoms with Crippen LogP contribution in [0.2, 0.25) is 0 Å². The summed E-state index contributed by atoms with van der Waals surface area (Å²) in [5, 5.41) is 0.386. The lowest BCUT2D eigenvalue weighted by Gasteiger charge is -2.14. The average Bonchev–Trinajstić information content (AvgIpc) is 2.65. The van der Waals surface area contributed by atoms with Crippen molar-refractivity contribution < 1.29 is 4.21 Å². The molecule has 0 radical (unpaired) electrons. The third-order valence-corrected chi connectivity index (χ3v) is 5.02. The van der Waals surface area contributed by atoms with E-state index in [1.807, 2.05) is 30.3 Å². The molecule has 2 heteroatoms. The molecule has 0 aromatic heterocycles. The highest BCUT2D eigenvalue weighted by atomic mass is 32.2. The molecule has 1 nitrogen and oxygen atoms in total. The highest BCUT2D eigenvalue weighted by molar-refractivity contribution is 7.85. The van der Waals surface area contributed by atoms with Gasteiger partial charge in [-0.3, -0.25) is 4.21 Å². The molecule has 1 aliphatic carbocycles. The smallest absolute Gasteiger partial charge is 0.0563 e. The Balaban J connectivity index is 2.16. The fraction of sp³-hybridized carbons (Fsp3) is 0.500. The van der Waals surface area contributed by atoms with Crippen LogP contribution in [0, 0.1) is 5.92 Å². The van der Waals surface area contributed by atoms with Crippen LogP contribution in [0.3, 0.4) is 0 Å². The highest BCUT2D eigenvalue weighted by Crippen LogP contribution is 2.31. The SMILES string of the molecule is CC1CCCC1S(=O)c1ccccc1. The van der Waals surface area contributed by atoms with E-state index in [1.54, 1.807) is 0 Å². The number of benzene rings is 1. The standard InChI is InChI=1S/C12H16OS/c1-10-6-5-9-12(10)14(13)11-7-3-2-4-8-11/h2-4,7-8,10,12H,5-6,9H2,1H3. The maximum absolute atomic E-state index is 12.2. The summed E-state index contributed by atoms with van der Waals surface area (Å²) in [6, 6.07) is 9.85. The molecule has 1 aromatic rings. The van der Waals surface area contributed by atoms with Gasteiger partial charge in [-0.25, -0.2) is 0 Å². The lowest BCUT2D eigenvalue weighted by atomic mass is 10.1. The predicted octanol–water partition coefficient (Wildman–Crippen LogP) is 2.98. The van der Waals surface area contributed by atoms with Crippen LogP contribution in [0.5, 0.6) is 0 Å². The van der Waals surface area contributed by atoms with Crippen molar-refractivity contribution in [3.05, 3.63) is 30.3 Å². The second kappa shape index (κ2) is 4.26. The van der Waals surface area contributed by atoms with Crippen LogP contribution in [-0.2, 0) is 10.8 Å². The van der Waals surface area contributed by atoms with E-state index in [1.165, 1.54) is 12.8 Å². The van der Waals surface area contributed by atoms with Gasteiger partial charge in [-0.05, 0) is 30.9 Å². The van der Waals surface area contributed by atoms with Gasteiger partial charge in [0, 0.05) is 10.1 Å². The molecule has 0 amide bonds. The zero-order chi connectivity index (χ0) is 9.97. The van der Waals surface area contributed by atoms with E-state index in [2.05, 4.69) is 6.92 Å². The third kappa shape index (κ3) is 1.90. The first-order valence-electron chi connectivity index (χ1n) is 5.24. The van der Waals surface area contributed by atoms with E-state index in [-0.39, 0.29) is 0 Å². The number of hydrogen-bond acceptors (Lipinski definition) is 1. The summed E-state index contributed by atoms with van der Waals surface area (Å²) in [4.78, 5) is 0.992. The summed E-state index contributed by atoms with van der Waals surface area (Å²) < 4.78 is 12.2. The Morgan fingerprint density at radius 1 is 1.21 bits per heavy atom. The van der Waals surface area contributed by atoms with Crippen molar-refractivity contribution >= 4 is 10.8 Å². The lowest BCUT2D eigenvalue weighted by Crippen LogP contribution is -2.17. The van der Waals surface area contributed by atoms with Crippen LogP contribution in [0.25, 0.3) is 0 Å². The summed E-state index contributed by atoms with van der Waals surface area (Å²) in [6.07, 6.45) is 3.61. The molecule has 0 bridgehead atoms. The molecule has 1 aliphatic rings. The summed E-state index contributed by atoms with van der Waals surface area (Å²) in [6.45, 7) is 2.22. The van der Waals surface area contributed by atoms with E-state index < -0.39 is 10.8 Å². The Hall–Kier alpha value is -0.630. The van der Waals surface area contributed by atoms with Gasteiger partial charge in [-0.1, -0.05) is 31.5 Å². The van der Waals surface area contributed by atoms with E-state index >= 15 is 0 Å². The topological polar surface area (TPSA) is 17.1 Å². The Kier molecular flexibility index (Phi) is 3.02. The molecule has 1 saturated carbocycles. The number of rotatable bonds is 2. The molecule has 3 unspecified atom stereocenters. The van der Waals surface area contributed by atoms with Gasteiger partial charge < -0.3 is 0 Å². The predicted molar refractivity (Wildman–Crippen MR) is 59.7 cm³/mol. The summed E-state index contributed by atoms with van der Waals surface area (Å²) in [7, 11) is -0.789. The third-order valence-electron chi connectivity index (χ3n) is 3.03. The van der Waals surface area contributed by atoms with Crippen molar-refractivity contribution in [3.8, 4) is 0 Å². The quantitative estimate of drug-likeness (QED) is 0.730. The minimum Gasteiger partial charge on any atom is -0.254 e. The maximum Gasteiger partial charge on any atom is 0.0563 e. The van der Waals surface area contributed by atoms with Crippen LogP contribution in [-0.4, -0.2) is 9.46 Å². The van der Waals surface area contributed by atoms with Crippen molar-refractivity contribution in [2.24, 2.45) is 5.92 Å². The first kappa shape index (κ1) is 9.91. The molecular weight excluding hydrogens is 192 g/mol. The first-order chi connectivity index (χ1) is 6.79. The largest absolute Gasteiger partial charge is 0.254 e. The summed E-state index contributed by atoms with van der Waals surface area (Å²) in [5.74, 6) is 0.621. The Morgan fingerprint density at radius 3 is 2.50 bits per heavy atom. The van der Waals surface area contributed by atoms with Crippen LogP contribution in [0.1, 0.15) is 26.2 Å². The molecule has 0 N–H and O–H groups in total. The normalized spacial score (nSPS) is 28.9. The van der Waals surface area contributed by atoms with E-state index in [0.717, 1.165) is 11.3 Å². The second-order valence-corrected chi connectivity index (χ2v) is 5.73. The van der Waals surface area contributed by atoms with Gasteiger partial charge in [-0.15, -0.1) is 0 Å². The molecule has 0 aliphatic heterocycles. The van der Waals surface area contributed by atoms with Gasteiger partial charge in [0.2, 0.25) is 0 Å². The second-order valence-electron chi connectivity index (χ2n) is 4.06. The highest BCUT2D eigenvalue weighted by Gasteiger charge is 2.29. The molecule has 0 heterocycles. The zero-order valence-corrected chi connectivity index (χ0v) is 9.30. The van der Waals surface area contributed by atoms with Gasteiger partial charge in [0.15, 0.2) is 0 Å². The van der Waals surface area contributed by atoms with Crippen molar-refractivity contribution in [2.75, 3.05) is 0 Å². The minimum atomic E-state index is -0.789. The summed E-state index contributed by atoms with van der Waals surface area (Å²) >= 11 is 0. The number of hydrogen-bond donors (Lipinski definition) is 0. The van der Waals surface area contributed by atoms with Crippen LogP contribution < -0.4 is 0 Å². The Morgan fingerprint density at radius 2 is 1.93 bits per heavy atom. The van der Waals surface area contributed by atoms with Gasteiger partial charge >= 0.3 is 0 Å². The van der Waals surface area contributed by atoms with Crippen molar-refractivity contribution in [3.63, 3.8) is 0 Å². The minimum absolute atomic E-state index is 0.386. The Labute approximate surface area is 88.0 Å². The van der Waals surface area contributed by atoms with Crippen LogP contribution in [0.15, 0.2) is 35.2 Å². The van der Waals surface area contributed by atoms with Crippen LogP contribution >= 0.6 is 0 Å². The molecule has 0 saturated heterocycles. The molecule has 1 fully saturated rings. The van der Waals surface area contributed by atoms with Gasteiger partial charge in [0.25, 0.3) is 0 Å². The van der Waals surface area contributed by atoms with Gasteiger partial charge in [0.05, 0.1) is 10.8 Å². The molecule has 0 spiro atoms. The molecule has 76 valence electrons. The maximum atomic E-state index is 12.2. The first-order valence-corrected chi connectivity index (χ1v) is 6.46. The zero-order valence-electron chi connectivity index (χ0n) is 8.48. The van der Waals surface area contributed by atoms with E-state index in [4.69, 9.17) is 0 Å². The van der Waals surface area contributed by atoms with Crippen molar-refractivity contribution in [2.45, 2.75) is 36.3 Å². The van der Waals surface area contributed by atoms with E-state index in [9.17, 15) is 4.21 Å².